The summed E-state index contributed by atoms with van der Waals surface area (Å²) in [6.45, 7) is 0.500. The van der Waals surface area contributed by atoms with E-state index in [1.807, 2.05) is 18.2 Å². The van der Waals surface area contributed by atoms with Gasteiger partial charge in [-0.05, 0) is 44.1 Å². The minimum atomic E-state index is -0.728. The molecule has 0 bridgehead atoms. The van der Waals surface area contributed by atoms with Gasteiger partial charge in [-0.1, -0.05) is 30.3 Å². The highest BCUT2D eigenvalue weighted by atomic mass is 16.5. The molecule has 3 N–H and O–H groups in total. The molecule has 0 radical (unpaired) electrons. The lowest BCUT2D eigenvalue weighted by molar-refractivity contribution is -0.142. The molecule has 1 heterocycles. The van der Waals surface area contributed by atoms with E-state index in [9.17, 15) is 9.59 Å². The van der Waals surface area contributed by atoms with Crippen LogP contribution in [-0.2, 0) is 9.53 Å². The molecular formula is C19H26N2O4. The molecule has 1 aliphatic heterocycles. The van der Waals surface area contributed by atoms with Crippen LogP contribution in [0.3, 0.4) is 0 Å². The monoisotopic (exact) mass is 346 g/mol. The summed E-state index contributed by atoms with van der Waals surface area (Å²) < 4.78 is 6.02. The molecule has 1 aromatic rings. The number of carboxylic acids is 1. The van der Waals surface area contributed by atoms with Gasteiger partial charge in [-0.2, -0.15) is 0 Å². The van der Waals surface area contributed by atoms with Gasteiger partial charge in [0.25, 0.3) is 0 Å². The summed E-state index contributed by atoms with van der Waals surface area (Å²) in [5.74, 6) is -0.989. The third-order valence-corrected chi connectivity index (χ3v) is 5.18. The third kappa shape index (κ3) is 4.95. The van der Waals surface area contributed by atoms with Gasteiger partial charge < -0.3 is 20.5 Å². The second-order valence-electron chi connectivity index (χ2n) is 6.98. The van der Waals surface area contributed by atoms with Gasteiger partial charge in [0.05, 0.1) is 18.1 Å². The van der Waals surface area contributed by atoms with Crippen LogP contribution < -0.4 is 10.6 Å². The second-order valence-corrected chi connectivity index (χ2v) is 6.98. The van der Waals surface area contributed by atoms with E-state index in [-0.39, 0.29) is 30.2 Å². The van der Waals surface area contributed by atoms with Crippen molar-refractivity contribution < 1.29 is 19.4 Å². The summed E-state index contributed by atoms with van der Waals surface area (Å²) in [4.78, 5) is 23.0. The molecule has 2 fully saturated rings. The molecule has 3 rings (SSSR count). The molecule has 6 heteroatoms. The zero-order valence-electron chi connectivity index (χ0n) is 14.3. The average Bonchev–Trinajstić information content (AvgIpc) is 3.10. The first kappa shape index (κ1) is 17.7. The maximum Gasteiger partial charge on any atom is 0.315 e. The van der Waals surface area contributed by atoms with Crippen molar-refractivity contribution in [1.82, 2.24) is 10.6 Å². The van der Waals surface area contributed by atoms with Crippen molar-refractivity contribution in [2.24, 2.45) is 5.92 Å². The third-order valence-electron chi connectivity index (χ3n) is 5.18. The van der Waals surface area contributed by atoms with Crippen LogP contribution in [-0.4, -0.2) is 35.8 Å². The first-order valence-electron chi connectivity index (χ1n) is 9.09. The van der Waals surface area contributed by atoms with Gasteiger partial charge in [-0.3, -0.25) is 4.79 Å². The summed E-state index contributed by atoms with van der Waals surface area (Å²) in [5.41, 5.74) is 1.18. The molecule has 1 saturated carbocycles. The SMILES string of the molecule is O=C(NC[C@H]1CC[C@@H](c2ccccc2)O1)NC1CCC(C(=O)O)CC1. The second kappa shape index (κ2) is 8.34. The van der Waals surface area contributed by atoms with Crippen molar-refractivity contribution in [3.05, 3.63) is 35.9 Å². The molecule has 0 unspecified atom stereocenters. The molecule has 1 aliphatic carbocycles. The van der Waals surface area contributed by atoms with Gasteiger partial charge in [0.2, 0.25) is 0 Å². The first-order chi connectivity index (χ1) is 12.1. The number of carbonyl (C=O) groups is 2. The highest BCUT2D eigenvalue weighted by Gasteiger charge is 2.28. The number of rotatable bonds is 5. The minimum absolute atomic E-state index is 0.0405. The average molecular weight is 346 g/mol. The topological polar surface area (TPSA) is 87.7 Å². The molecule has 1 aromatic carbocycles. The van der Waals surface area contributed by atoms with Crippen molar-refractivity contribution >= 4 is 12.0 Å². The number of benzene rings is 1. The van der Waals surface area contributed by atoms with Crippen LogP contribution in [0, 0.1) is 5.92 Å². The molecule has 2 aliphatic rings. The Morgan fingerprint density at radius 1 is 1.04 bits per heavy atom. The Balaban J connectivity index is 1.35. The molecule has 25 heavy (non-hydrogen) atoms. The number of nitrogens with one attached hydrogen (secondary N) is 2. The summed E-state index contributed by atoms with van der Waals surface area (Å²) in [5, 5.41) is 14.8. The van der Waals surface area contributed by atoms with E-state index in [4.69, 9.17) is 9.84 Å². The number of amides is 2. The van der Waals surface area contributed by atoms with Crippen molar-refractivity contribution in [2.45, 2.75) is 56.8 Å². The number of carbonyl (C=O) groups excluding carboxylic acids is 1. The number of carboxylic acid groups (broad SMARTS) is 1. The van der Waals surface area contributed by atoms with Gasteiger partial charge in [0, 0.05) is 12.6 Å². The molecule has 136 valence electrons. The molecule has 1 saturated heterocycles. The van der Waals surface area contributed by atoms with E-state index in [1.54, 1.807) is 0 Å². The molecule has 2 amide bonds. The lowest BCUT2D eigenvalue weighted by Crippen LogP contribution is -2.46. The molecule has 0 spiro atoms. The van der Waals surface area contributed by atoms with Gasteiger partial charge in [0.15, 0.2) is 0 Å². The number of urea groups is 1. The summed E-state index contributed by atoms with van der Waals surface area (Å²) in [6.07, 6.45) is 4.76. The Hall–Kier alpha value is -2.08. The van der Waals surface area contributed by atoms with Crippen LogP contribution in [0.1, 0.15) is 50.2 Å². The predicted octanol–water partition coefficient (Wildman–Crippen LogP) is 2.85. The quantitative estimate of drug-likeness (QED) is 0.765. The summed E-state index contributed by atoms with van der Waals surface area (Å²) in [6, 6.07) is 10.0. The number of hydrogen-bond acceptors (Lipinski definition) is 3. The fraction of sp³-hybridized carbons (Fsp3) is 0.579. The summed E-state index contributed by atoms with van der Waals surface area (Å²) >= 11 is 0. The Morgan fingerprint density at radius 2 is 1.76 bits per heavy atom. The van der Waals surface area contributed by atoms with E-state index in [1.165, 1.54) is 5.56 Å². The molecule has 0 aromatic heterocycles. The van der Waals surface area contributed by atoms with E-state index < -0.39 is 5.97 Å². The van der Waals surface area contributed by atoms with Crippen molar-refractivity contribution in [2.75, 3.05) is 6.54 Å². The van der Waals surface area contributed by atoms with Crippen LogP contribution in [0.25, 0.3) is 0 Å². The number of aliphatic carboxylic acids is 1. The van der Waals surface area contributed by atoms with Crippen molar-refractivity contribution in [3.8, 4) is 0 Å². The smallest absolute Gasteiger partial charge is 0.315 e. The fourth-order valence-corrected chi connectivity index (χ4v) is 3.70. The Morgan fingerprint density at radius 3 is 2.44 bits per heavy atom. The molecule has 2 atom stereocenters. The first-order valence-corrected chi connectivity index (χ1v) is 9.09. The predicted molar refractivity (Wildman–Crippen MR) is 93.2 cm³/mol. The van der Waals surface area contributed by atoms with Crippen LogP contribution in [0.15, 0.2) is 30.3 Å². The molecular weight excluding hydrogens is 320 g/mol. The van der Waals surface area contributed by atoms with Crippen LogP contribution in [0.5, 0.6) is 0 Å². The van der Waals surface area contributed by atoms with E-state index in [0.29, 0.717) is 19.4 Å². The Labute approximate surface area is 147 Å². The van der Waals surface area contributed by atoms with Gasteiger partial charge >= 0.3 is 12.0 Å². The summed E-state index contributed by atoms with van der Waals surface area (Å²) in [7, 11) is 0. The van der Waals surface area contributed by atoms with Crippen molar-refractivity contribution in [3.63, 3.8) is 0 Å². The maximum atomic E-state index is 12.0. The van der Waals surface area contributed by atoms with E-state index in [0.717, 1.165) is 25.7 Å². The highest BCUT2D eigenvalue weighted by molar-refractivity contribution is 5.74. The Kier molecular flexibility index (Phi) is 5.91. The standard InChI is InChI=1S/C19H26N2O4/c22-18(23)14-6-8-15(9-7-14)21-19(24)20-12-16-10-11-17(25-16)13-4-2-1-3-5-13/h1-5,14-17H,6-12H2,(H,22,23)(H2,20,21,24)/t14?,15?,16-,17+/m1/s1. The number of ether oxygens (including phenoxy) is 1. The minimum Gasteiger partial charge on any atom is -0.481 e. The zero-order chi connectivity index (χ0) is 17.6. The van der Waals surface area contributed by atoms with Crippen LogP contribution >= 0.6 is 0 Å². The Bertz CT molecular complexity index is 584. The zero-order valence-corrected chi connectivity index (χ0v) is 14.3. The van der Waals surface area contributed by atoms with E-state index >= 15 is 0 Å². The normalized spacial score (nSPS) is 29.1. The largest absolute Gasteiger partial charge is 0.481 e. The van der Waals surface area contributed by atoms with Crippen LogP contribution in [0.2, 0.25) is 0 Å². The van der Waals surface area contributed by atoms with Crippen molar-refractivity contribution in [1.29, 1.82) is 0 Å². The fourth-order valence-electron chi connectivity index (χ4n) is 3.70. The lowest BCUT2D eigenvalue weighted by atomic mass is 9.86. The van der Waals surface area contributed by atoms with Gasteiger partial charge in [0.1, 0.15) is 0 Å². The molecule has 6 nitrogen and oxygen atoms in total. The van der Waals surface area contributed by atoms with Gasteiger partial charge in [-0.15, -0.1) is 0 Å². The van der Waals surface area contributed by atoms with E-state index in [2.05, 4.69) is 22.8 Å². The number of hydrogen-bond donors (Lipinski definition) is 3. The van der Waals surface area contributed by atoms with Crippen LogP contribution in [0.4, 0.5) is 4.79 Å². The van der Waals surface area contributed by atoms with Gasteiger partial charge in [-0.25, -0.2) is 4.79 Å². The maximum absolute atomic E-state index is 12.0. The lowest BCUT2D eigenvalue weighted by Gasteiger charge is -2.27. The highest BCUT2D eigenvalue weighted by Crippen LogP contribution is 2.32.